The molecule has 140 valence electrons. The van der Waals surface area contributed by atoms with Crippen LogP contribution in [0.4, 0.5) is 0 Å². The van der Waals surface area contributed by atoms with E-state index >= 15 is 0 Å². The summed E-state index contributed by atoms with van der Waals surface area (Å²) in [7, 11) is 1.83. The molecule has 1 amide bonds. The quantitative estimate of drug-likeness (QED) is 0.503. The first-order valence-corrected chi connectivity index (χ1v) is 10.6. The van der Waals surface area contributed by atoms with E-state index in [2.05, 4.69) is 4.98 Å². The van der Waals surface area contributed by atoms with E-state index in [1.165, 1.54) is 11.8 Å². The van der Waals surface area contributed by atoms with Gasteiger partial charge in [0.1, 0.15) is 5.75 Å². The van der Waals surface area contributed by atoms with Crippen molar-refractivity contribution in [2.45, 2.75) is 17.8 Å². The lowest BCUT2D eigenvalue weighted by Gasteiger charge is -2.17. The van der Waals surface area contributed by atoms with Gasteiger partial charge in [-0.3, -0.25) is 4.79 Å². The summed E-state index contributed by atoms with van der Waals surface area (Å²) >= 11 is 3.06. The monoisotopic (exact) mass is 398 g/mol. The van der Waals surface area contributed by atoms with E-state index in [-0.39, 0.29) is 5.91 Å². The average molecular weight is 399 g/mol. The largest absolute Gasteiger partial charge is 0.494 e. The molecule has 4 nitrogen and oxygen atoms in total. The molecule has 0 saturated carbocycles. The Morgan fingerprint density at radius 2 is 1.89 bits per heavy atom. The fourth-order valence-corrected chi connectivity index (χ4v) is 4.29. The second-order valence-corrected chi connectivity index (χ2v) is 8.06. The molecule has 0 radical (unpaired) electrons. The summed E-state index contributed by atoms with van der Waals surface area (Å²) in [6.45, 7) is 3.19. The van der Waals surface area contributed by atoms with Crippen LogP contribution in [0.3, 0.4) is 0 Å². The van der Waals surface area contributed by atoms with Crippen molar-refractivity contribution < 1.29 is 9.53 Å². The number of benzene rings is 2. The molecule has 1 aromatic heterocycles. The second kappa shape index (κ2) is 9.58. The van der Waals surface area contributed by atoms with Crippen molar-refractivity contribution in [2.75, 3.05) is 19.4 Å². The van der Waals surface area contributed by atoms with Crippen molar-refractivity contribution in [1.29, 1.82) is 0 Å². The highest BCUT2D eigenvalue weighted by Crippen LogP contribution is 2.28. The summed E-state index contributed by atoms with van der Waals surface area (Å²) in [5.41, 5.74) is 3.14. The molecule has 3 aromatic rings. The molecule has 0 spiro atoms. The molecule has 0 N–H and O–H groups in total. The van der Waals surface area contributed by atoms with Crippen molar-refractivity contribution in [1.82, 2.24) is 9.88 Å². The molecule has 0 bridgehead atoms. The Hall–Kier alpha value is -2.31. The Balaban J connectivity index is 1.50. The molecule has 27 heavy (non-hydrogen) atoms. The Labute approximate surface area is 168 Å². The van der Waals surface area contributed by atoms with Gasteiger partial charge in [0.2, 0.25) is 5.91 Å². The first kappa shape index (κ1) is 19.5. The number of carbonyl (C=O) groups excluding carboxylic acids is 1. The van der Waals surface area contributed by atoms with Crippen molar-refractivity contribution in [3.05, 3.63) is 65.5 Å². The third kappa shape index (κ3) is 5.58. The second-order valence-electron chi connectivity index (χ2n) is 5.98. The summed E-state index contributed by atoms with van der Waals surface area (Å²) in [6, 6.07) is 17.9. The highest BCUT2D eigenvalue weighted by atomic mass is 32.2. The summed E-state index contributed by atoms with van der Waals surface area (Å²) in [5, 5.41) is 2.03. The standard InChI is InChI=1S/C21H22N2O2S2/c1-3-25-18-11-9-16(10-12-18)13-23(2)20(24)15-27-21-22-19(14-26-21)17-7-5-4-6-8-17/h4-12,14H,3,13,15H2,1-2H3. The molecule has 2 aromatic carbocycles. The van der Waals surface area contributed by atoms with Gasteiger partial charge in [-0.2, -0.15) is 0 Å². The Kier molecular flexibility index (Phi) is 6.90. The maximum atomic E-state index is 12.4. The fraction of sp³-hybridized carbons (Fsp3) is 0.238. The number of carbonyl (C=O) groups is 1. The Morgan fingerprint density at radius 3 is 2.59 bits per heavy atom. The topological polar surface area (TPSA) is 42.4 Å². The molecule has 0 saturated heterocycles. The summed E-state index contributed by atoms with van der Waals surface area (Å²) in [6.07, 6.45) is 0. The van der Waals surface area contributed by atoms with Gasteiger partial charge in [0.25, 0.3) is 0 Å². The van der Waals surface area contributed by atoms with Crippen LogP contribution in [0.2, 0.25) is 0 Å². The van der Waals surface area contributed by atoms with Gasteiger partial charge in [-0.1, -0.05) is 54.2 Å². The molecule has 0 aliphatic rings. The first-order valence-electron chi connectivity index (χ1n) is 8.75. The van der Waals surface area contributed by atoms with Crippen LogP contribution in [-0.4, -0.2) is 35.2 Å². The summed E-state index contributed by atoms with van der Waals surface area (Å²) in [4.78, 5) is 18.8. The van der Waals surface area contributed by atoms with Crippen LogP contribution in [0.1, 0.15) is 12.5 Å². The SMILES string of the molecule is CCOc1ccc(CN(C)C(=O)CSc2nc(-c3ccccc3)cs2)cc1. The number of hydrogen-bond donors (Lipinski definition) is 0. The van der Waals surface area contributed by atoms with Crippen molar-refractivity contribution in [3.8, 4) is 17.0 Å². The molecule has 0 atom stereocenters. The normalized spacial score (nSPS) is 10.6. The number of hydrogen-bond acceptors (Lipinski definition) is 5. The van der Waals surface area contributed by atoms with Gasteiger partial charge in [-0.15, -0.1) is 11.3 Å². The molecular formula is C21H22N2O2S2. The van der Waals surface area contributed by atoms with Crippen LogP contribution in [-0.2, 0) is 11.3 Å². The highest BCUT2D eigenvalue weighted by Gasteiger charge is 2.12. The molecule has 0 aliphatic carbocycles. The molecule has 0 fully saturated rings. The van der Waals surface area contributed by atoms with E-state index in [1.54, 1.807) is 16.2 Å². The smallest absolute Gasteiger partial charge is 0.233 e. The number of rotatable bonds is 8. The fourth-order valence-electron chi connectivity index (χ4n) is 2.52. The van der Waals surface area contributed by atoms with Gasteiger partial charge in [0, 0.05) is 24.5 Å². The van der Waals surface area contributed by atoms with Crippen molar-refractivity contribution in [3.63, 3.8) is 0 Å². The van der Waals surface area contributed by atoms with Gasteiger partial charge in [0.05, 0.1) is 18.1 Å². The van der Waals surface area contributed by atoms with Crippen LogP contribution >= 0.6 is 23.1 Å². The zero-order valence-electron chi connectivity index (χ0n) is 15.4. The van der Waals surface area contributed by atoms with E-state index in [1.807, 2.05) is 73.9 Å². The van der Waals surface area contributed by atoms with E-state index < -0.39 is 0 Å². The van der Waals surface area contributed by atoms with E-state index in [0.717, 1.165) is 26.9 Å². The number of thioether (sulfide) groups is 1. The molecule has 1 heterocycles. The third-order valence-electron chi connectivity index (χ3n) is 3.95. The summed E-state index contributed by atoms with van der Waals surface area (Å²) < 4.78 is 6.36. The lowest BCUT2D eigenvalue weighted by atomic mass is 10.2. The number of thiazole rings is 1. The van der Waals surface area contributed by atoms with E-state index in [4.69, 9.17) is 4.74 Å². The van der Waals surface area contributed by atoms with Gasteiger partial charge < -0.3 is 9.64 Å². The minimum atomic E-state index is 0.0883. The molecule has 6 heteroatoms. The number of nitrogens with zero attached hydrogens (tertiary/aromatic N) is 2. The van der Waals surface area contributed by atoms with Gasteiger partial charge in [0.15, 0.2) is 4.34 Å². The van der Waals surface area contributed by atoms with Crippen LogP contribution in [0.15, 0.2) is 64.3 Å². The first-order chi connectivity index (χ1) is 13.2. The van der Waals surface area contributed by atoms with Crippen LogP contribution in [0.5, 0.6) is 5.75 Å². The number of ether oxygens (including phenoxy) is 1. The van der Waals surface area contributed by atoms with Crippen molar-refractivity contribution >= 4 is 29.0 Å². The Morgan fingerprint density at radius 1 is 1.15 bits per heavy atom. The predicted octanol–water partition coefficient (Wildman–Crippen LogP) is 4.96. The van der Waals surface area contributed by atoms with Crippen LogP contribution in [0.25, 0.3) is 11.3 Å². The zero-order valence-corrected chi connectivity index (χ0v) is 17.1. The average Bonchev–Trinajstić information content (AvgIpc) is 3.17. The maximum Gasteiger partial charge on any atom is 0.233 e. The molecule has 0 aliphatic heterocycles. The highest BCUT2D eigenvalue weighted by molar-refractivity contribution is 8.01. The van der Waals surface area contributed by atoms with E-state index in [0.29, 0.717) is 18.9 Å². The maximum absolute atomic E-state index is 12.4. The predicted molar refractivity (Wildman–Crippen MR) is 112 cm³/mol. The zero-order chi connectivity index (χ0) is 19.1. The molecular weight excluding hydrogens is 376 g/mol. The lowest BCUT2D eigenvalue weighted by molar-refractivity contribution is -0.127. The molecule has 0 unspecified atom stereocenters. The van der Waals surface area contributed by atoms with Gasteiger partial charge in [-0.05, 0) is 24.6 Å². The minimum Gasteiger partial charge on any atom is -0.494 e. The lowest BCUT2D eigenvalue weighted by Crippen LogP contribution is -2.27. The summed E-state index contributed by atoms with van der Waals surface area (Å²) in [5.74, 6) is 1.32. The third-order valence-corrected chi connectivity index (χ3v) is 5.96. The van der Waals surface area contributed by atoms with Gasteiger partial charge >= 0.3 is 0 Å². The van der Waals surface area contributed by atoms with Crippen molar-refractivity contribution in [2.24, 2.45) is 0 Å². The van der Waals surface area contributed by atoms with Crippen LogP contribution < -0.4 is 4.74 Å². The van der Waals surface area contributed by atoms with Gasteiger partial charge in [-0.25, -0.2) is 4.98 Å². The number of amides is 1. The Bertz CT molecular complexity index is 863. The van der Waals surface area contributed by atoms with Crippen LogP contribution in [0, 0.1) is 0 Å². The molecule has 3 rings (SSSR count). The number of aromatic nitrogens is 1. The minimum absolute atomic E-state index is 0.0883. The van der Waals surface area contributed by atoms with E-state index in [9.17, 15) is 4.79 Å².